The normalized spacial score (nSPS) is 17.1. The van der Waals surface area contributed by atoms with Crippen molar-refractivity contribution in [3.63, 3.8) is 0 Å². The summed E-state index contributed by atoms with van der Waals surface area (Å²) in [4.78, 5) is 4.84. The Balaban J connectivity index is 1.59. The minimum Gasteiger partial charge on any atom is -0.379 e. The van der Waals surface area contributed by atoms with E-state index in [0.717, 1.165) is 40.7 Å². The summed E-state index contributed by atoms with van der Waals surface area (Å²) in [6.45, 7) is 0. The van der Waals surface area contributed by atoms with Gasteiger partial charge >= 0.3 is 0 Å². The number of hydrogen-bond acceptors (Lipinski definition) is 3. The molecule has 5 aromatic rings. The second-order valence-corrected chi connectivity index (χ2v) is 9.67. The molecule has 0 amide bonds. The minimum atomic E-state index is -1.22. The number of aryl methyl sites for hydroxylation is 1. The van der Waals surface area contributed by atoms with Gasteiger partial charge in [-0.1, -0.05) is 97.1 Å². The van der Waals surface area contributed by atoms with Gasteiger partial charge in [0.15, 0.2) is 0 Å². The Morgan fingerprint density at radius 2 is 1.38 bits per heavy atom. The highest BCUT2D eigenvalue weighted by atomic mass is 16.3. The quantitative estimate of drug-likeness (QED) is 0.306. The van der Waals surface area contributed by atoms with Crippen molar-refractivity contribution >= 4 is 0 Å². The molecule has 0 aliphatic heterocycles. The molecule has 1 aliphatic carbocycles. The molecule has 4 nitrogen and oxygen atoms in total. The zero-order chi connectivity index (χ0) is 25.3. The predicted octanol–water partition coefficient (Wildman–Crippen LogP) is 6.17. The molecule has 0 saturated carbocycles. The predicted molar refractivity (Wildman–Crippen MR) is 144 cm³/mol. The summed E-state index contributed by atoms with van der Waals surface area (Å²) in [5, 5.41) is 21.5. The fraction of sp³-hybridized carbons (Fsp3) is 0.152. The molecule has 1 atom stereocenters. The lowest BCUT2D eigenvalue weighted by Gasteiger charge is -2.38. The van der Waals surface area contributed by atoms with E-state index in [0.29, 0.717) is 17.7 Å². The zero-order valence-corrected chi connectivity index (χ0v) is 20.5. The van der Waals surface area contributed by atoms with Gasteiger partial charge in [0.05, 0.1) is 23.7 Å². The van der Waals surface area contributed by atoms with E-state index in [1.165, 1.54) is 0 Å². The SMILES string of the molecule is N#Cc1ccc2c(c1)CCCC2(O)c1cn(C(c2ccccc2)(c2ccccc2)c2ccccc2)cn1. The van der Waals surface area contributed by atoms with Crippen LogP contribution in [0.4, 0.5) is 0 Å². The van der Waals surface area contributed by atoms with E-state index in [4.69, 9.17) is 4.98 Å². The maximum Gasteiger partial charge on any atom is 0.133 e. The van der Waals surface area contributed by atoms with E-state index in [-0.39, 0.29) is 0 Å². The van der Waals surface area contributed by atoms with Gasteiger partial charge in [-0.05, 0) is 59.2 Å². The van der Waals surface area contributed by atoms with Gasteiger partial charge in [0.2, 0.25) is 0 Å². The first-order valence-electron chi connectivity index (χ1n) is 12.6. The lowest BCUT2D eigenvalue weighted by atomic mass is 9.76. The number of nitriles is 1. The molecule has 0 spiro atoms. The fourth-order valence-electron chi connectivity index (χ4n) is 5.91. The van der Waals surface area contributed by atoms with Gasteiger partial charge in [0, 0.05) is 6.20 Å². The van der Waals surface area contributed by atoms with E-state index in [1.807, 2.05) is 42.9 Å². The molecule has 37 heavy (non-hydrogen) atoms. The first-order chi connectivity index (χ1) is 18.2. The molecule has 4 aromatic carbocycles. The van der Waals surface area contributed by atoms with Crippen molar-refractivity contribution in [3.8, 4) is 6.07 Å². The summed E-state index contributed by atoms with van der Waals surface area (Å²) in [6.07, 6.45) is 6.10. The highest BCUT2D eigenvalue weighted by Crippen LogP contribution is 2.44. The van der Waals surface area contributed by atoms with Crippen molar-refractivity contribution in [3.05, 3.63) is 161 Å². The Bertz CT molecular complexity index is 1470. The van der Waals surface area contributed by atoms with Crippen LogP contribution < -0.4 is 0 Å². The number of fused-ring (bicyclic) bond motifs is 1. The highest BCUT2D eigenvalue weighted by molar-refractivity contribution is 5.51. The van der Waals surface area contributed by atoms with E-state index in [9.17, 15) is 10.4 Å². The Morgan fingerprint density at radius 1 is 0.811 bits per heavy atom. The molecule has 0 fully saturated rings. The molecule has 1 aliphatic rings. The van der Waals surface area contributed by atoms with Gasteiger partial charge in [0.25, 0.3) is 0 Å². The molecule has 1 unspecified atom stereocenters. The Kier molecular flexibility index (Phi) is 5.71. The molecule has 6 rings (SSSR count). The van der Waals surface area contributed by atoms with Gasteiger partial charge in [-0.2, -0.15) is 5.26 Å². The molecule has 1 N–H and O–H groups in total. The van der Waals surface area contributed by atoms with Crippen LogP contribution in [0.15, 0.2) is 122 Å². The summed E-state index contributed by atoms with van der Waals surface area (Å²) in [7, 11) is 0. The molecular weight excluding hydrogens is 454 g/mol. The number of benzene rings is 4. The maximum absolute atomic E-state index is 12.1. The first kappa shape index (κ1) is 23.0. The number of imidazole rings is 1. The summed E-state index contributed by atoms with van der Waals surface area (Å²) >= 11 is 0. The standard InChI is InChI=1S/C33H27N3O/c34-22-25-18-19-30-26(21-25)11-10-20-32(30,37)31-23-36(24-35-31)33(27-12-4-1-5-13-27,28-14-6-2-7-15-28)29-16-8-3-9-17-29/h1-9,12-19,21,23-24,37H,10-11,20H2. The fourth-order valence-corrected chi connectivity index (χ4v) is 5.91. The van der Waals surface area contributed by atoms with Crippen LogP contribution in [-0.2, 0) is 17.6 Å². The number of aromatic nitrogens is 2. The van der Waals surface area contributed by atoms with Crippen molar-refractivity contribution < 1.29 is 5.11 Å². The molecule has 1 aromatic heterocycles. The van der Waals surface area contributed by atoms with Crippen molar-refractivity contribution in [1.29, 1.82) is 5.26 Å². The van der Waals surface area contributed by atoms with Crippen molar-refractivity contribution in [1.82, 2.24) is 9.55 Å². The van der Waals surface area contributed by atoms with E-state index in [1.54, 1.807) is 6.07 Å². The lowest BCUT2D eigenvalue weighted by Crippen LogP contribution is -2.37. The largest absolute Gasteiger partial charge is 0.379 e. The van der Waals surface area contributed by atoms with E-state index >= 15 is 0 Å². The van der Waals surface area contributed by atoms with Crippen LogP contribution >= 0.6 is 0 Å². The molecule has 0 radical (unpaired) electrons. The Hall–Kier alpha value is -4.46. The van der Waals surface area contributed by atoms with Crippen LogP contribution in [0.2, 0.25) is 0 Å². The van der Waals surface area contributed by atoms with E-state index < -0.39 is 11.1 Å². The third-order valence-electron chi connectivity index (χ3n) is 7.63. The topological polar surface area (TPSA) is 61.8 Å². The summed E-state index contributed by atoms with van der Waals surface area (Å²) in [5.41, 5.74) is 4.49. The second-order valence-electron chi connectivity index (χ2n) is 9.67. The van der Waals surface area contributed by atoms with Crippen molar-refractivity contribution in [2.24, 2.45) is 0 Å². The smallest absolute Gasteiger partial charge is 0.133 e. The van der Waals surface area contributed by atoms with Crippen LogP contribution in [-0.4, -0.2) is 14.7 Å². The third kappa shape index (κ3) is 3.67. The number of nitrogens with zero attached hydrogens (tertiary/aromatic N) is 3. The van der Waals surface area contributed by atoms with Gasteiger partial charge in [-0.25, -0.2) is 4.98 Å². The highest BCUT2D eigenvalue weighted by Gasteiger charge is 2.42. The summed E-state index contributed by atoms with van der Waals surface area (Å²) in [5.74, 6) is 0. The van der Waals surface area contributed by atoms with Crippen molar-refractivity contribution in [2.45, 2.75) is 30.4 Å². The van der Waals surface area contributed by atoms with Crippen LogP contribution in [0.5, 0.6) is 0 Å². The lowest BCUT2D eigenvalue weighted by molar-refractivity contribution is 0.0574. The summed E-state index contributed by atoms with van der Waals surface area (Å²) in [6, 6.07) is 39.1. The van der Waals surface area contributed by atoms with E-state index in [2.05, 4.69) is 83.4 Å². The van der Waals surface area contributed by atoms with Crippen molar-refractivity contribution in [2.75, 3.05) is 0 Å². The number of rotatable bonds is 5. The third-order valence-corrected chi connectivity index (χ3v) is 7.63. The molecule has 180 valence electrons. The first-order valence-corrected chi connectivity index (χ1v) is 12.6. The van der Waals surface area contributed by atoms with Gasteiger partial charge < -0.3 is 9.67 Å². The number of aliphatic hydroxyl groups is 1. The maximum atomic E-state index is 12.1. The molecule has 0 bridgehead atoms. The van der Waals surface area contributed by atoms with Crippen LogP contribution in [0.3, 0.4) is 0 Å². The van der Waals surface area contributed by atoms with Gasteiger partial charge in [-0.3, -0.25) is 0 Å². The molecular formula is C33H27N3O. The van der Waals surface area contributed by atoms with Crippen LogP contribution in [0.1, 0.15) is 51.9 Å². The second kappa shape index (κ2) is 9.20. The van der Waals surface area contributed by atoms with Gasteiger partial charge in [0.1, 0.15) is 11.1 Å². The van der Waals surface area contributed by atoms with Crippen LogP contribution in [0, 0.1) is 11.3 Å². The Morgan fingerprint density at radius 3 is 1.92 bits per heavy atom. The monoisotopic (exact) mass is 481 g/mol. The minimum absolute atomic E-state index is 0.581. The molecule has 0 saturated heterocycles. The molecule has 1 heterocycles. The molecule has 4 heteroatoms. The zero-order valence-electron chi connectivity index (χ0n) is 20.5. The Labute approximate surface area is 217 Å². The average Bonchev–Trinajstić information content (AvgIpc) is 3.47. The number of hydrogen-bond donors (Lipinski definition) is 1. The average molecular weight is 482 g/mol. The van der Waals surface area contributed by atoms with Gasteiger partial charge in [-0.15, -0.1) is 0 Å². The van der Waals surface area contributed by atoms with Crippen LogP contribution in [0.25, 0.3) is 0 Å². The summed E-state index contributed by atoms with van der Waals surface area (Å²) < 4.78 is 2.14.